The number of nitrogens with zero attached hydrogens (tertiary/aromatic N) is 4. The first-order chi connectivity index (χ1) is 14.9. The number of nitrogens with one attached hydrogen (secondary N) is 1. The number of likely N-dealkylation sites (N-methyl/N-ethyl adjacent to an activating group) is 1. The molecule has 0 bridgehead atoms. The molecule has 3 rings (SSSR count). The molecule has 1 aromatic heterocycles. The minimum absolute atomic E-state index is 0.0517. The molecular weight excluding hydrogens is 414 g/mol. The first-order valence-corrected chi connectivity index (χ1v) is 10.6. The van der Waals surface area contributed by atoms with Gasteiger partial charge in [-0.2, -0.15) is 0 Å². The first-order valence-electron chi connectivity index (χ1n) is 9.65. The Balaban J connectivity index is 1.54. The van der Waals surface area contributed by atoms with Crippen molar-refractivity contribution in [2.45, 2.75) is 12.1 Å². The molecular formula is C22H25N5O3S. The summed E-state index contributed by atoms with van der Waals surface area (Å²) < 4.78 is 7.01. The van der Waals surface area contributed by atoms with Gasteiger partial charge in [-0.3, -0.25) is 9.59 Å². The highest BCUT2D eigenvalue weighted by molar-refractivity contribution is 7.99. The Bertz CT molecular complexity index is 1080. The summed E-state index contributed by atoms with van der Waals surface area (Å²) in [5.74, 6) is 1.09. The van der Waals surface area contributed by atoms with Crippen LogP contribution in [0.2, 0.25) is 0 Å². The SMILES string of the molecule is COc1cccc(NC(=O)CN(C)C(=O)CSc2nnc(-c3ccccc3C)n2C)c1. The van der Waals surface area contributed by atoms with E-state index in [1.165, 1.54) is 16.7 Å². The van der Waals surface area contributed by atoms with Crippen LogP contribution in [0.25, 0.3) is 11.4 Å². The summed E-state index contributed by atoms with van der Waals surface area (Å²) in [4.78, 5) is 26.2. The third-order valence-corrected chi connectivity index (χ3v) is 5.71. The van der Waals surface area contributed by atoms with Gasteiger partial charge in [-0.05, 0) is 24.6 Å². The Morgan fingerprint density at radius 2 is 1.94 bits per heavy atom. The monoisotopic (exact) mass is 439 g/mol. The lowest BCUT2D eigenvalue weighted by molar-refractivity contribution is -0.131. The summed E-state index contributed by atoms with van der Waals surface area (Å²) in [6.45, 7) is 1.97. The van der Waals surface area contributed by atoms with Gasteiger partial charge in [0.15, 0.2) is 11.0 Å². The van der Waals surface area contributed by atoms with E-state index in [4.69, 9.17) is 4.74 Å². The number of methoxy groups -OCH3 is 1. The summed E-state index contributed by atoms with van der Waals surface area (Å²) in [6, 6.07) is 15.0. The van der Waals surface area contributed by atoms with Crippen LogP contribution < -0.4 is 10.1 Å². The molecule has 0 saturated heterocycles. The average Bonchev–Trinajstić information content (AvgIpc) is 3.12. The van der Waals surface area contributed by atoms with E-state index in [0.29, 0.717) is 16.6 Å². The van der Waals surface area contributed by atoms with Crippen molar-refractivity contribution in [2.24, 2.45) is 7.05 Å². The van der Waals surface area contributed by atoms with Gasteiger partial charge < -0.3 is 19.5 Å². The van der Waals surface area contributed by atoms with E-state index >= 15 is 0 Å². The second-order valence-electron chi connectivity index (χ2n) is 7.00. The number of rotatable bonds is 8. The molecule has 9 heteroatoms. The zero-order valence-corrected chi connectivity index (χ0v) is 18.8. The van der Waals surface area contributed by atoms with Gasteiger partial charge in [-0.1, -0.05) is 42.1 Å². The Labute approximate surface area is 185 Å². The summed E-state index contributed by atoms with van der Waals surface area (Å²) in [5, 5.41) is 11.9. The molecule has 1 N–H and O–H groups in total. The summed E-state index contributed by atoms with van der Waals surface area (Å²) >= 11 is 1.29. The van der Waals surface area contributed by atoms with Crippen molar-refractivity contribution >= 4 is 29.3 Å². The first kappa shape index (κ1) is 22.4. The number of benzene rings is 2. The molecule has 0 fully saturated rings. The maximum atomic E-state index is 12.5. The second kappa shape index (κ2) is 10.1. The normalized spacial score (nSPS) is 10.6. The number of carbonyl (C=O) groups excluding carboxylic acids is 2. The third kappa shape index (κ3) is 5.64. The molecule has 0 unspecified atom stereocenters. The van der Waals surface area contributed by atoms with E-state index in [1.807, 2.05) is 42.8 Å². The maximum absolute atomic E-state index is 12.5. The van der Waals surface area contributed by atoms with Crippen LogP contribution in [0.3, 0.4) is 0 Å². The molecule has 0 atom stereocenters. The van der Waals surface area contributed by atoms with E-state index in [9.17, 15) is 9.59 Å². The van der Waals surface area contributed by atoms with Gasteiger partial charge in [-0.15, -0.1) is 10.2 Å². The van der Waals surface area contributed by atoms with E-state index in [2.05, 4.69) is 15.5 Å². The predicted octanol–water partition coefficient (Wildman–Crippen LogP) is 2.99. The fourth-order valence-corrected chi connectivity index (χ4v) is 3.79. The number of anilines is 1. The van der Waals surface area contributed by atoms with Gasteiger partial charge in [0.2, 0.25) is 11.8 Å². The van der Waals surface area contributed by atoms with Crippen LogP contribution in [-0.2, 0) is 16.6 Å². The van der Waals surface area contributed by atoms with Crippen LogP contribution in [-0.4, -0.2) is 57.9 Å². The highest BCUT2D eigenvalue weighted by Crippen LogP contribution is 2.25. The van der Waals surface area contributed by atoms with Gasteiger partial charge in [0.1, 0.15) is 5.75 Å². The number of hydrogen-bond donors (Lipinski definition) is 1. The lowest BCUT2D eigenvalue weighted by atomic mass is 10.1. The number of aromatic nitrogens is 3. The van der Waals surface area contributed by atoms with Crippen molar-refractivity contribution in [3.05, 3.63) is 54.1 Å². The highest BCUT2D eigenvalue weighted by atomic mass is 32.2. The molecule has 162 valence electrons. The molecule has 3 aromatic rings. The number of amides is 2. The molecule has 2 amide bonds. The highest BCUT2D eigenvalue weighted by Gasteiger charge is 2.17. The number of hydrogen-bond acceptors (Lipinski definition) is 6. The zero-order valence-electron chi connectivity index (χ0n) is 18.0. The van der Waals surface area contributed by atoms with Crippen molar-refractivity contribution < 1.29 is 14.3 Å². The van der Waals surface area contributed by atoms with E-state index in [1.54, 1.807) is 38.4 Å². The van der Waals surface area contributed by atoms with Gasteiger partial charge in [-0.25, -0.2) is 0 Å². The smallest absolute Gasteiger partial charge is 0.243 e. The third-order valence-electron chi connectivity index (χ3n) is 4.71. The second-order valence-corrected chi connectivity index (χ2v) is 7.94. The maximum Gasteiger partial charge on any atom is 0.243 e. The molecule has 2 aromatic carbocycles. The largest absolute Gasteiger partial charge is 0.497 e. The number of thioether (sulfide) groups is 1. The van der Waals surface area contributed by atoms with Crippen molar-refractivity contribution in [3.8, 4) is 17.1 Å². The zero-order chi connectivity index (χ0) is 22.4. The predicted molar refractivity (Wildman–Crippen MR) is 121 cm³/mol. The Morgan fingerprint density at radius 1 is 1.16 bits per heavy atom. The van der Waals surface area contributed by atoms with Gasteiger partial charge >= 0.3 is 0 Å². The summed E-state index contributed by atoms with van der Waals surface area (Å²) in [6.07, 6.45) is 0. The van der Waals surface area contributed by atoms with Gasteiger partial charge in [0.05, 0.1) is 19.4 Å². The molecule has 0 aliphatic heterocycles. The van der Waals surface area contributed by atoms with Crippen LogP contribution in [0, 0.1) is 6.92 Å². The van der Waals surface area contributed by atoms with Crippen molar-refractivity contribution in [1.82, 2.24) is 19.7 Å². The minimum Gasteiger partial charge on any atom is -0.497 e. The molecule has 0 aliphatic rings. The molecule has 1 heterocycles. The van der Waals surface area contributed by atoms with E-state index in [-0.39, 0.29) is 24.1 Å². The van der Waals surface area contributed by atoms with Gasteiger partial charge in [0, 0.05) is 31.4 Å². The molecule has 31 heavy (non-hydrogen) atoms. The molecule has 0 aliphatic carbocycles. The Hall–Kier alpha value is -3.33. The lowest BCUT2D eigenvalue weighted by Gasteiger charge is -2.16. The molecule has 8 nitrogen and oxygen atoms in total. The topological polar surface area (TPSA) is 89.3 Å². The lowest BCUT2D eigenvalue weighted by Crippen LogP contribution is -2.36. The van der Waals surface area contributed by atoms with E-state index in [0.717, 1.165) is 17.0 Å². The molecule has 0 saturated carbocycles. The van der Waals surface area contributed by atoms with Crippen molar-refractivity contribution in [2.75, 3.05) is 31.8 Å². The van der Waals surface area contributed by atoms with Crippen molar-refractivity contribution in [3.63, 3.8) is 0 Å². The van der Waals surface area contributed by atoms with Crippen LogP contribution in [0.15, 0.2) is 53.7 Å². The summed E-state index contributed by atoms with van der Waals surface area (Å²) in [5.41, 5.74) is 2.72. The van der Waals surface area contributed by atoms with Crippen LogP contribution in [0.1, 0.15) is 5.56 Å². The fourth-order valence-electron chi connectivity index (χ4n) is 2.94. The molecule has 0 spiro atoms. The Morgan fingerprint density at radius 3 is 2.68 bits per heavy atom. The van der Waals surface area contributed by atoms with Crippen molar-refractivity contribution in [1.29, 1.82) is 0 Å². The van der Waals surface area contributed by atoms with Gasteiger partial charge in [0.25, 0.3) is 0 Å². The van der Waals surface area contributed by atoms with Crippen LogP contribution in [0.5, 0.6) is 5.75 Å². The summed E-state index contributed by atoms with van der Waals surface area (Å²) in [7, 11) is 5.04. The molecule has 0 radical (unpaired) electrons. The fraction of sp³-hybridized carbons (Fsp3) is 0.273. The van der Waals surface area contributed by atoms with Crippen LogP contribution in [0.4, 0.5) is 5.69 Å². The minimum atomic E-state index is -0.283. The Kier molecular flexibility index (Phi) is 7.30. The standard InChI is InChI=1S/C22H25N5O3S/c1-15-8-5-6-11-18(15)21-24-25-22(27(21)3)31-14-20(29)26(2)13-19(28)23-16-9-7-10-17(12-16)30-4/h5-12H,13-14H2,1-4H3,(H,23,28). The quantitative estimate of drug-likeness (QED) is 0.543. The van der Waals surface area contributed by atoms with E-state index < -0.39 is 0 Å². The average molecular weight is 440 g/mol. The van der Waals surface area contributed by atoms with Crippen LogP contribution >= 0.6 is 11.8 Å². The number of aryl methyl sites for hydroxylation is 1. The number of carbonyl (C=O) groups is 2. The number of ether oxygens (including phenoxy) is 1.